The first-order chi connectivity index (χ1) is 17.8. The van der Waals surface area contributed by atoms with Crippen molar-refractivity contribution in [2.24, 2.45) is 0 Å². The third kappa shape index (κ3) is 5.70. The number of hydrogen-bond acceptors (Lipinski definition) is 6. The van der Waals surface area contributed by atoms with E-state index in [-0.39, 0.29) is 16.9 Å². The van der Waals surface area contributed by atoms with E-state index < -0.39 is 5.82 Å². The number of ether oxygens (including phenoxy) is 1. The minimum absolute atomic E-state index is 0.00352. The van der Waals surface area contributed by atoms with Crippen molar-refractivity contribution in [3.63, 3.8) is 0 Å². The van der Waals surface area contributed by atoms with Crippen molar-refractivity contribution in [3.05, 3.63) is 58.9 Å². The van der Waals surface area contributed by atoms with E-state index in [1.165, 1.54) is 32.1 Å². The summed E-state index contributed by atoms with van der Waals surface area (Å²) in [4.78, 5) is 24.3. The van der Waals surface area contributed by atoms with Gasteiger partial charge in [0.1, 0.15) is 11.6 Å². The number of nitrogens with zero attached hydrogens (tertiary/aromatic N) is 3. The maximum absolute atomic E-state index is 13.7. The highest BCUT2D eigenvalue weighted by molar-refractivity contribution is 6.31. The van der Waals surface area contributed by atoms with Gasteiger partial charge in [0.15, 0.2) is 0 Å². The first-order valence-electron chi connectivity index (χ1n) is 12.7. The third-order valence-corrected chi connectivity index (χ3v) is 7.50. The summed E-state index contributed by atoms with van der Waals surface area (Å²) in [7, 11) is 1.51. The number of halogens is 2. The van der Waals surface area contributed by atoms with Crippen LogP contribution in [0.3, 0.4) is 0 Å². The van der Waals surface area contributed by atoms with E-state index in [2.05, 4.69) is 39.3 Å². The lowest BCUT2D eigenvalue weighted by atomic mass is 10.0. The van der Waals surface area contributed by atoms with Crippen LogP contribution in [0.5, 0.6) is 6.01 Å². The number of aromatic nitrogens is 2. The molecule has 9 heteroatoms. The van der Waals surface area contributed by atoms with Crippen molar-refractivity contribution in [2.45, 2.75) is 57.5 Å². The molecule has 5 rings (SSSR count). The van der Waals surface area contributed by atoms with Crippen LogP contribution in [0, 0.1) is 5.82 Å². The van der Waals surface area contributed by atoms with Crippen LogP contribution in [0.2, 0.25) is 5.02 Å². The molecule has 2 N–H and O–H groups in total. The van der Waals surface area contributed by atoms with Crippen LogP contribution in [-0.4, -0.2) is 46.5 Å². The molecule has 2 aromatic carbocycles. The topological polar surface area (TPSA) is 79.4 Å². The van der Waals surface area contributed by atoms with Gasteiger partial charge in [-0.05, 0) is 81.3 Å². The van der Waals surface area contributed by atoms with E-state index >= 15 is 0 Å². The van der Waals surface area contributed by atoms with Gasteiger partial charge in [0.05, 0.1) is 17.6 Å². The Labute approximate surface area is 221 Å². The monoisotopic (exact) mass is 523 g/mol. The summed E-state index contributed by atoms with van der Waals surface area (Å²) < 4.78 is 19.0. The van der Waals surface area contributed by atoms with Crippen molar-refractivity contribution >= 4 is 45.6 Å². The minimum atomic E-state index is -0.502. The number of rotatable bonds is 8. The predicted molar refractivity (Wildman–Crippen MR) is 145 cm³/mol. The fourth-order valence-corrected chi connectivity index (χ4v) is 5.15. The average molecular weight is 524 g/mol. The Morgan fingerprint density at radius 2 is 1.92 bits per heavy atom. The molecule has 2 heterocycles. The van der Waals surface area contributed by atoms with Gasteiger partial charge < -0.3 is 15.4 Å². The minimum Gasteiger partial charge on any atom is -0.467 e. The summed E-state index contributed by atoms with van der Waals surface area (Å²) in [5.74, 6) is 0.173. The quantitative estimate of drug-likeness (QED) is 0.332. The molecule has 2 aliphatic rings. The SMILES string of the molecule is COc1nc(Nc2ccc(F)c(Cl)c2)c2cc(NC(=O)C=CCN3C(C)CCC3C)c(C3CC3)cc2n1. The van der Waals surface area contributed by atoms with Crippen molar-refractivity contribution in [2.75, 3.05) is 24.3 Å². The molecule has 1 aliphatic carbocycles. The van der Waals surface area contributed by atoms with Gasteiger partial charge in [-0.2, -0.15) is 9.97 Å². The van der Waals surface area contributed by atoms with Crippen LogP contribution in [0.4, 0.5) is 21.6 Å². The number of hydrogen-bond donors (Lipinski definition) is 2. The zero-order valence-electron chi connectivity index (χ0n) is 21.2. The standard InChI is InChI=1S/C28H31ClFN5O2/c1-16-6-7-17(2)35(16)12-4-5-26(36)32-24-15-21-25(14-20(24)18-8-9-18)33-28(37-3)34-27(21)31-19-10-11-23(30)22(29)13-19/h4-5,10-11,13-18H,6-9,12H2,1-3H3,(H,32,36)(H,31,33,34). The summed E-state index contributed by atoms with van der Waals surface area (Å²) in [6.45, 7) is 5.22. The van der Waals surface area contributed by atoms with E-state index in [0.717, 1.165) is 30.6 Å². The molecule has 37 heavy (non-hydrogen) atoms. The van der Waals surface area contributed by atoms with Gasteiger partial charge in [0.2, 0.25) is 5.91 Å². The fraction of sp³-hybridized carbons (Fsp3) is 0.393. The Balaban J connectivity index is 1.44. The number of carbonyl (C=O) groups excluding carboxylic acids is 1. The lowest BCUT2D eigenvalue weighted by molar-refractivity contribution is -0.111. The highest BCUT2D eigenvalue weighted by Gasteiger charge is 2.28. The highest BCUT2D eigenvalue weighted by Crippen LogP contribution is 2.45. The maximum Gasteiger partial charge on any atom is 0.318 e. The summed E-state index contributed by atoms with van der Waals surface area (Å²) >= 11 is 5.97. The molecule has 1 aliphatic heterocycles. The van der Waals surface area contributed by atoms with Crippen LogP contribution in [-0.2, 0) is 4.79 Å². The van der Waals surface area contributed by atoms with Gasteiger partial charge in [-0.1, -0.05) is 17.7 Å². The number of carbonyl (C=O) groups is 1. The second-order valence-corrected chi connectivity index (χ2v) is 10.3. The van der Waals surface area contributed by atoms with Crippen LogP contribution in [0.1, 0.15) is 51.0 Å². The van der Waals surface area contributed by atoms with Crippen molar-refractivity contribution in [3.8, 4) is 6.01 Å². The van der Waals surface area contributed by atoms with E-state index in [0.29, 0.717) is 40.4 Å². The Bertz CT molecular complexity index is 1350. The van der Waals surface area contributed by atoms with Crippen LogP contribution in [0.15, 0.2) is 42.5 Å². The van der Waals surface area contributed by atoms with Crippen LogP contribution in [0.25, 0.3) is 10.9 Å². The number of benzene rings is 2. The molecule has 2 unspecified atom stereocenters. The molecule has 1 saturated heterocycles. The normalized spacial score (nSPS) is 20.0. The molecule has 0 spiro atoms. The number of amides is 1. The second kappa shape index (κ2) is 10.6. The lowest BCUT2D eigenvalue weighted by Gasteiger charge is -2.24. The van der Waals surface area contributed by atoms with E-state index in [1.807, 2.05) is 18.2 Å². The molecule has 2 atom stereocenters. The smallest absolute Gasteiger partial charge is 0.318 e. The molecule has 1 amide bonds. The summed E-state index contributed by atoms with van der Waals surface area (Å²) in [6.07, 6.45) is 8.06. The van der Waals surface area contributed by atoms with Crippen molar-refractivity contribution < 1.29 is 13.9 Å². The molecule has 194 valence electrons. The molecule has 0 radical (unpaired) electrons. The number of nitrogens with one attached hydrogen (secondary N) is 2. The first kappa shape index (κ1) is 25.4. The summed E-state index contributed by atoms with van der Waals surface area (Å²) in [6, 6.07) is 9.51. The summed E-state index contributed by atoms with van der Waals surface area (Å²) in [5, 5.41) is 6.97. The van der Waals surface area contributed by atoms with Gasteiger partial charge in [0.25, 0.3) is 0 Å². The van der Waals surface area contributed by atoms with Gasteiger partial charge in [0, 0.05) is 41.5 Å². The van der Waals surface area contributed by atoms with E-state index in [4.69, 9.17) is 16.3 Å². The zero-order chi connectivity index (χ0) is 26.1. The summed E-state index contributed by atoms with van der Waals surface area (Å²) in [5.41, 5.74) is 3.04. The molecule has 0 bridgehead atoms. The highest BCUT2D eigenvalue weighted by atomic mass is 35.5. The maximum atomic E-state index is 13.7. The van der Waals surface area contributed by atoms with E-state index in [1.54, 1.807) is 12.1 Å². The molecule has 2 fully saturated rings. The Morgan fingerprint density at radius 3 is 2.59 bits per heavy atom. The van der Waals surface area contributed by atoms with Gasteiger partial charge in [-0.15, -0.1) is 0 Å². The first-order valence-corrected chi connectivity index (χ1v) is 13.0. The number of methoxy groups -OCH3 is 1. The lowest BCUT2D eigenvalue weighted by Crippen LogP contribution is -2.32. The zero-order valence-corrected chi connectivity index (χ0v) is 22.0. The van der Waals surface area contributed by atoms with Gasteiger partial charge >= 0.3 is 6.01 Å². The number of anilines is 3. The van der Waals surface area contributed by atoms with Crippen molar-refractivity contribution in [1.82, 2.24) is 14.9 Å². The molecule has 7 nitrogen and oxygen atoms in total. The van der Waals surface area contributed by atoms with Crippen LogP contribution >= 0.6 is 11.6 Å². The molecular formula is C28H31ClFN5O2. The largest absolute Gasteiger partial charge is 0.467 e. The van der Waals surface area contributed by atoms with E-state index in [9.17, 15) is 9.18 Å². The number of fused-ring (bicyclic) bond motifs is 1. The van der Waals surface area contributed by atoms with Crippen LogP contribution < -0.4 is 15.4 Å². The molecule has 1 aromatic heterocycles. The molecular weight excluding hydrogens is 493 g/mol. The molecule has 3 aromatic rings. The fourth-order valence-electron chi connectivity index (χ4n) is 4.97. The second-order valence-electron chi connectivity index (χ2n) is 9.91. The number of likely N-dealkylation sites (tertiary alicyclic amines) is 1. The Hall–Kier alpha value is -3.23. The average Bonchev–Trinajstić information content (AvgIpc) is 3.67. The Kier molecular flexibility index (Phi) is 7.31. The van der Waals surface area contributed by atoms with Crippen molar-refractivity contribution in [1.29, 1.82) is 0 Å². The Morgan fingerprint density at radius 1 is 1.16 bits per heavy atom. The van der Waals surface area contributed by atoms with Gasteiger partial charge in [-0.25, -0.2) is 4.39 Å². The molecule has 1 saturated carbocycles. The predicted octanol–water partition coefficient (Wildman–Crippen LogP) is 6.42. The third-order valence-electron chi connectivity index (χ3n) is 7.21. The van der Waals surface area contributed by atoms with Gasteiger partial charge in [-0.3, -0.25) is 9.69 Å².